The molecule has 4 aromatic rings. The number of carbonyl (C=O) groups is 2. The van der Waals surface area contributed by atoms with Gasteiger partial charge >= 0.3 is 11.9 Å². The number of Topliss-reactive ketones (excluding diaryl/α,β-unsaturated/α-hetero) is 1. The average Bonchev–Trinajstić information content (AvgIpc) is 3.68. The first-order valence-electron chi connectivity index (χ1n) is 11.7. The summed E-state index contributed by atoms with van der Waals surface area (Å²) >= 11 is 12.8. The van der Waals surface area contributed by atoms with E-state index < -0.39 is 34.7 Å². The Balaban J connectivity index is 1.35. The van der Waals surface area contributed by atoms with Crippen molar-refractivity contribution in [3.63, 3.8) is 0 Å². The van der Waals surface area contributed by atoms with Gasteiger partial charge in [0.25, 0.3) is 0 Å². The number of pyridine rings is 1. The van der Waals surface area contributed by atoms with Crippen LogP contribution in [0.1, 0.15) is 56.5 Å². The van der Waals surface area contributed by atoms with Crippen LogP contribution in [-0.4, -0.2) is 27.0 Å². The van der Waals surface area contributed by atoms with E-state index in [4.69, 9.17) is 37.2 Å². The topological polar surface area (TPSA) is 112 Å². The summed E-state index contributed by atoms with van der Waals surface area (Å²) in [6, 6.07) is 10.5. The Morgan fingerprint density at radius 1 is 1.10 bits per heavy atom. The molecule has 3 heterocycles. The number of carbonyl (C=O) groups excluding carboxylic acids is 1. The number of hydrogen-bond acceptors (Lipinski definition) is 7. The van der Waals surface area contributed by atoms with Gasteiger partial charge in [-0.3, -0.25) is 4.79 Å². The first-order chi connectivity index (χ1) is 18.6. The summed E-state index contributed by atoms with van der Waals surface area (Å²) in [4.78, 5) is 28.0. The molecule has 0 bridgehead atoms. The number of nitrogens with zero attached hydrogens (tertiary/aromatic N) is 2. The van der Waals surface area contributed by atoms with E-state index in [1.54, 1.807) is 18.2 Å². The van der Waals surface area contributed by atoms with E-state index in [-0.39, 0.29) is 29.7 Å². The predicted molar refractivity (Wildman–Crippen MR) is 134 cm³/mol. The maximum Gasteiger partial charge on any atom is 0.355 e. The van der Waals surface area contributed by atoms with Crippen molar-refractivity contribution in [2.45, 2.75) is 31.3 Å². The molecular formula is C27H16Cl2F2N2O6. The molecule has 8 nitrogen and oxygen atoms in total. The molecule has 1 fully saturated rings. The van der Waals surface area contributed by atoms with Gasteiger partial charge in [0.1, 0.15) is 23.8 Å². The lowest BCUT2D eigenvalue weighted by atomic mass is 10.0. The number of hydrogen-bond donors (Lipinski definition) is 1. The zero-order chi connectivity index (χ0) is 27.5. The molecule has 1 N–H and O–H groups in total. The number of ketones is 1. The average molecular weight is 573 g/mol. The van der Waals surface area contributed by atoms with Crippen molar-refractivity contribution in [3.8, 4) is 28.6 Å². The van der Waals surface area contributed by atoms with Crippen molar-refractivity contribution >= 4 is 35.0 Å². The number of carboxylic acids is 1. The summed E-state index contributed by atoms with van der Waals surface area (Å²) in [7, 11) is 0. The van der Waals surface area contributed by atoms with Crippen LogP contribution in [0.2, 0.25) is 10.0 Å². The van der Waals surface area contributed by atoms with E-state index in [0.717, 1.165) is 31.0 Å². The Hall–Kier alpha value is -4.02. The highest BCUT2D eigenvalue weighted by atomic mass is 35.5. The second-order valence-electron chi connectivity index (χ2n) is 9.05. The third-order valence-electron chi connectivity index (χ3n) is 6.44. The summed E-state index contributed by atoms with van der Waals surface area (Å²) in [5, 5.41) is 14.1. The van der Waals surface area contributed by atoms with Crippen molar-refractivity contribution in [1.29, 1.82) is 0 Å². The standard InChI is InChI=1S/C27H16Cl2F2N2O6/c28-16-2-1-3-17(29)21(16)22-15(23(39-33-22)12-4-5-12)11-37-20-9-8-18-24(32-20)27(30,31)25(34)14-7-6-13(26(35)36)10-19(14)38-18/h1-3,6-10,12H,4-5,11H2,(H,35,36). The van der Waals surface area contributed by atoms with Crippen LogP contribution in [0.3, 0.4) is 0 Å². The molecule has 0 unspecified atom stereocenters. The van der Waals surface area contributed by atoms with Crippen LogP contribution in [0.5, 0.6) is 17.4 Å². The molecule has 2 aromatic heterocycles. The Morgan fingerprint density at radius 3 is 2.54 bits per heavy atom. The Labute approximate surface area is 229 Å². The Bertz CT molecular complexity index is 1650. The van der Waals surface area contributed by atoms with Gasteiger partial charge in [0.05, 0.1) is 26.7 Å². The van der Waals surface area contributed by atoms with Gasteiger partial charge in [-0.1, -0.05) is 34.4 Å². The highest BCUT2D eigenvalue weighted by molar-refractivity contribution is 6.39. The molecule has 2 aliphatic rings. The molecule has 2 aromatic carbocycles. The summed E-state index contributed by atoms with van der Waals surface area (Å²) in [6.45, 7) is -0.152. The van der Waals surface area contributed by atoms with Gasteiger partial charge in [-0.2, -0.15) is 8.78 Å². The molecule has 6 rings (SSSR count). The minimum atomic E-state index is -4.07. The van der Waals surface area contributed by atoms with Crippen LogP contribution < -0.4 is 9.47 Å². The number of benzene rings is 2. The number of ether oxygens (including phenoxy) is 2. The maximum atomic E-state index is 15.3. The van der Waals surface area contributed by atoms with Gasteiger partial charge in [-0.25, -0.2) is 9.78 Å². The van der Waals surface area contributed by atoms with E-state index in [2.05, 4.69) is 10.1 Å². The van der Waals surface area contributed by atoms with Crippen molar-refractivity contribution in [2.24, 2.45) is 0 Å². The molecule has 198 valence electrons. The second kappa shape index (κ2) is 9.32. The molecule has 0 radical (unpaired) electrons. The Morgan fingerprint density at radius 2 is 1.85 bits per heavy atom. The van der Waals surface area contributed by atoms with Crippen LogP contribution in [-0.2, 0) is 12.5 Å². The molecule has 0 amide bonds. The summed E-state index contributed by atoms with van der Waals surface area (Å²) in [5.74, 6) is -7.16. The van der Waals surface area contributed by atoms with Crippen molar-refractivity contribution in [3.05, 3.63) is 86.7 Å². The van der Waals surface area contributed by atoms with Crippen LogP contribution in [0, 0.1) is 0 Å². The van der Waals surface area contributed by atoms with Crippen LogP contribution in [0.4, 0.5) is 8.78 Å². The normalized spacial score (nSPS) is 15.6. The van der Waals surface area contributed by atoms with Gasteiger partial charge in [0.15, 0.2) is 11.4 Å². The SMILES string of the molecule is O=C(O)c1ccc2c(c1)Oc1ccc(OCc3c(-c4c(Cl)cccc4Cl)noc3C3CC3)nc1C(F)(F)C2=O. The summed E-state index contributed by atoms with van der Waals surface area (Å²) in [6.07, 6.45) is 1.79. The number of rotatable bonds is 6. The van der Waals surface area contributed by atoms with Gasteiger partial charge in [0.2, 0.25) is 11.7 Å². The van der Waals surface area contributed by atoms with Crippen LogP contribution in [0.15, 0.2) is 53.1 Å². The lowest BCUT2D eigenvalue weighted by molar-refractivity contribution is 0.00437. The number of aromatic nitrogens is 2. The van der Waals surface area contributed by atoms with Gasteiger partial charge in [-0.15, -0.1) is 0 Å². The quantitative estimate of drug-likeness (QED) is 0.256. The van der Waals surface area contributed by atoms with Crippen molar-refractivity contribution in [1.82, 2.24) is 10.1 Å². The second-order valence-corrected chi connectivity index (χ2v) is 9.87. The number of halogens is 4. The highest BCUT2D eigenvalue weighted by Gasteiger charge is 2.49. The summed E-state index contributed by atoms with van der Waals surface area (Å²) < 4.78 is 47.6. The third-order valence-corrected chi connectivity index (χ3v) is 7.07. The number of alkyl halides is 2. The summed E-state index contributed by atoms with van der Waals surface area (Å²) in [5.41, 5.74) is -0.275. The molecule has 0 atom stereocenters. The predicted octanol–water partition coefficient (Wildman–Crippen LogP) is 7.28. The lowest BCUT2D eigenvalue weighted by Gasteiger charge is -2.15. The molecule has 0 saturated heterocycles. The molecular weight excluding hydrogens is 557 g/mol. The molecule has 12 heteroatoms. The zero-order valence-electron chi connectivity index (χ0n) is 19.7. The van der Waals surface area contributed by atoms with E-state index >= 15 is 8.78 Å². The fourth-order valence-electron chi connectivity index (χ4n) is 4.33. The third kappa shape index (κ3) is 4.39. The van der Waals surface area contributed by atoms with E-state index in [1.165, 1.54) is 12.1 Å². The lowest BCUT2D eigenvalue weighted by Crippen LogP contribution is -2.26. The molecule has 39 heavy (non-hydrogen) atoms. The van der Waals surface area contributed by atoms with Crippen LogP contribution in [0.25, 0.3) is 11.3 Å². The molecule has 1 aliphatic heterocycles. The maximum absolute atomic E-state index is 15.3. The number of carboxylic acid groups (broad SMARTS) is 1. The van der Waals surface area contributed by atoms with Crippen molar-refractivity contribution in [2.75, 3.05) is 0 Å². The first kappa shape index (κ1) is 25.3. The van der Waals surface area contributed by atoms with Crippen LogP contribution >= 0.6 is 23.2 Å². The van der Waals surface area contributed by atoms with E-state index in [1.807, 2.05) is 0 Å². The van der Waals surface area contributed by atoms with E-state index in [0.29, 0.717) is 32.6 Å². The van der Waals surface area contributed by atoms with Gasteiger partial charge in [0, 0.05) is 17.5 Å². The number of aromatic carboxylic acids is 1. The molecule has 0 spiro atoms. The Kier molecular flexibility index (Phi) is 6.04. The minimum absolute atomic E-state index is 0.135. The fourth-order valence-corrected chi connectivity index (χ4v) is 4.91. The first-order valence-corrected chi connectivity index (χ1v) is 12.5. The largest absolute Gasteiger partial charge is 0.478 e. The molecule has 1 saturated carbocycles. The smallest absolute Gasteiger partial charge is 0.355 e. The highest BCUT2D eigenvalue weighted by Crippen LogP contribution is 2.47. The van der Waals surface area contributed by atoms with Gasteiger partial charge < -0.3 is 19.1 Å². The minimum Gasteiger partial charge on any atom is -0.478 e. The fraction of sp³-hybridized carbons (Fsp3) is 0.185. The van der Waals surface area contributed by atoms with Crippen molar-refractivity contribution < 1.29 is 37.5 Å². The zero-order valence-corrected chi connectivity index (χ0v) is 21.2. The van der Waals surface area contributed by atoms with Gasteiger partial charge in [-0.05, 0) is 49.2 Å². The van der Waals surface area contributed by atoms with E-state index in [9.17, 15) is 14.7 Å². The molecule has 1 aliphatic carbocycles. The monoisotopic (exact) mass is 572 g/mol. The number of fused-ring (bicyclic) bond motifs is 2.